The van der Waals surface area contributed by atoms with Crippen LogP contribution in [0.2, 0.25) is 0 Å². The van der Waals surface area contributed by atoms with Crippen molar-refractivity contribution in [1.29, 1.82) is 0 Å². The van der Waals surface area contributed by atoms with Crippen molar-refractivity contribution in [3.05, 3.63) is 77.9 Å². The standard InChI is InChI=1S/C18H19NO2/c20-18(12-11-16-7-3-1-4-8-16)21-14-13-19-15-17-9-5-2-6-10-17/h1-12,19H,13-15H2/b12-11+. The Morgan fingerprint density at radius 1 is 1.00 bits per heavy atom. The first-order chi connectivity index (χ1) is 10.3. The van der Waals surface area contributed by atoms with E-state index in [1.807, 2.05) is 48.5 Å². The summed E-state index contributed by atoms with van der Waals surface area (Å²) in [4.78, 5) is 11.5. The Kier molecular flexibility index (Phi) is 6.23. The van der Waals surface area contributed by atoms with E-state index in [0.717, 1.165) is 12.1 Å². The second-order valence-corrected chi connectivity index (χ2v) is 4.57. The van der Waals surface area contributed by atoms with E-state index in [0.29, 0.717) is 13.2 Å². The molecule has 3 nitrogen and oxygen atoms in total. The summed E-state index contributed by atoms with van der Waals surface area (Å²) in [7, 11) is 0. The van der Waals surface area contributed by atoms with E-state index >= 15 is 0 Å². The number of nitrogens with one attached hydrogen (secondary N) is 1. The molecule has 0 fully saturated rings. The Bertz CT molecular complexity index is 564. The molecule has 2 aromatic carbocycles. The van der Waals surface area contributed by atoms with Crippen molar-refractivity contribution in [2.24, 2.45) is 0 Å². The Morgan fingerprint density at radius 2 is 1.67 bits per heavy atom. The third kappa shape index (κ3) is 6.06. The highest BCUT2D eigenvalue weighted by Gasteiger charge is 1.97. The normalized spacial score (nSPS) is 10.7. The minimum atomic E-state index is -0.319. The van der Waals surface area contributed by atoms with Gasteiger partial charge >= 0.3 is 5.97 Å². The van der Waals surface area contributed by atoms with Gasteiger partial charge in [-0.15, -0.1) is 0 Å². The molecule has 0 aliphatic heterocycles. The molecule has 0 aliphatic rings. The molecule has 0 bridgehead atoms. The second-order valence-electron chi connectivity index (χ2n) is 4.57. The molecule has 1 N–H and O–H groups in total. The van der Waals surface area contributed by atoms with Crippen LogP contribution in [-0.4, -0.2) is 19.1 Å². The van der Waals surface area contributed by atoms with E-state index in [1.165, 1.54) is 11.6 Å². The van der Waals surface area contributed by atoms with Gasteiger partial charge < -0.3 is 10.1 Å². The average Bonchev–Trinajstić information content (AvgIpc) is 2.54. The van der Waals surface area contributed by atoms with E-state index in [1.54, 1.807) is 6.08 Å². The van der Waals surface area contributed by atoms with Gasteiger partial charge in [-0.05, 0) is 17.2 Å². The van der Waals surface area contributed by atoms with E-state index in [-0.39, 0.29) is 5.97 Å². The second kappa shape index (κ2) is 8.72. The number of esters is 1. The van der Waals surface area contributed by atoms with Crippen LogP contribution in [0.25, 0.3) is 6.08 Å². The molecule has 0 radical (unpaired) electrons. The van der Waals surface area contributed by atoms with Crippen LogP contribution in [-0.2, 0) is 16.1 Å². The Morgan fingerprint density at radius 3 is 2.38 bits per heavy atom. The Balaban J connectivity index is 1.60. The summed E-state index contributed by atoms with van der Waals surface area (Å²) in [5, 5.41) is 3.23. The van der Waals surface area contributed by atoms with Crippen molar-refractivity contribution >= 4 is 12.0 Å². The predicted molar refractivity (Wildman–Crippen MR) is 84.6 cm³/mol. The summed E-state index contributed by atoms with van der Waals surface area (Å²) in [6.07, 6.45) is 3.20. The third-order valence-electron chi connectivity index (χ3n) is 2.91. The van der Waals surface area contributed by atoms with Crippen molar-refractivity contribution in [1.82, 2.24) is 5.32 Å². The molecular weight excluding hydrogens is 262 g/mol. The van der Waals surface area contributed by atoms with Gasteiger partial charge in [0.25, 0.3) is 0 Å². The van der Waals surface area contributed by atoms with Crippen molar-refractivity contribution < 1.29 is 9.53 Å². The molecule has 2 rings (SSSR count). The van der Waals surface area contributed by atoms with Gasteiger partial charge in [0, 0.05) is 19.2 Å². The van der Waals surface area contributed by atoms with E-state index < -0.39 is 0 Å². The van der Waals surface area contributed by atoms with Crippen LogP contribution in [0.3, 0.4) is 0 Å². The van der Waals surface area contributed by atoms with Crippen LogP contribution < -0.4 is 5.32 Å². The molecule has 0 spiro atoms. The quantitative estimate of drug-likeness (QED) is 0.481. The molecule has 0 saturated carbocycles. The number of carbonyl (C=O) groups excluding carboxylic acids is 1. The summed E-state index contributed by atoms with van der Waals surface area (Å²) in [6.45, 7) is 1.78. The van der Waals surface area contributed by atoms with Gasteiger partial charge in [0.2, 0.25) is 0 Å². The monoisotopic (exact) mass is 281 g/mol. The number of ether oxygens (including phenoxy) is 1. The van der Waals surface area contributed by atoms with Gasteiger partial charge in [0.05, 0.1) is 0 Å². The van der Waals surface area contributed by atoms with Gasteiger partial charge in [-0.1, -0.05) is 60.7 Å². The highest BCUT2D eigenvalue weighted by Crippen LogP contribution is 2.01. The van der Waals surface area contributed by atoms with Crippen LogP contribution in [0.1, 0.15) is 11.1 Å². The lowest BCUT2D eigenvalue weighted by molar-refractivity contribution is -0.137. The molecule has 0 aromatic heterocycles. The van der Waals surface area contributed by atoms with Gasteiger partial charge in [0.1, 0.15) is 6.61 Å². The lowest BCUT2D eigenvalue weighted by atomic mass is 10.2. The molecule has 2 aromatic rings. The molecule has 0 aliphatic carbocycles. The largest absolute Gasteiger partial charge is 0.461 e. The molecular formula is C18H19NO2. The topological polar surface area (TPSA) is 38.3 Å². The zero-order valence-corrected chi connectivity index (χ0v) is 11.9. The van der Waals surface area contributed by atoms with Crippen molar-refractivity contribution in [3.63, 3.8) is 0 Å². The van der Waals surface area contributed by atoms with E-state index in [9.17, 15) is 4.79 Å². The van der Waals surface area contributed by atoms with E-state index in [4.69, 9.17) is 4.74 Å². The molecule has 0 unspecified atom stereocenters. The predicted octanol–water partition coefficient (Wildman–Crippen LogP) is 3.03. The van der Waals surface area contributed by atoms with Gasteiger partial charge in [-0.3, -0.25) is 0 Å². The molecule has 0 heterocycles. The first-order valence-electron chi connectivity index (χ1n) is 6.99. The third-order valence-corrected chi connectivity index (χ3v) is 2.91. The fourth-order valence-corrected chi connectivity index (χ4v) is 1.83. The zero-order chi connectivity index (χ0) is 14.8. The molecule has 21 heavy (non-hydrogen) atoms. The maximum atomic E-state index is 11.5. The van der Waals surface area contributed by atoms with Crippen LogP contribution in [0.15, 0.2) is 66.7 Å². The average molecular weight is 281 g/mol. The number of carbonyl (C=O) groups is 1. The lowest BCUT2D eigenvalue weighted by Crippen LogP contribution is -2.20. The SMILES string of the molecule is O=C(/C=C/c1ccccc1)OCCNCc1ccccc1. The minimum Gasteiger partial charge on any atom is -0.461 e. The smallest absolute Gasteiger partial charge is 0.330 e. The lowest BCUT2D eigenvalue weighted by Gasteiger charge is -2.05. The number of benzene rings is 2. The van der Waals surface area contributed by atoms with Crippen molar-refractivity contribution in [2.75, 3.05) is 13.2 Å². The number of hydrogen-bond donors (Lipinski definition) is 1. The van der Waals surface area contributed by atoms with Crippen LogP contribution in [0, 0.1) is 0 Å². The maximum Gasteiger partial charge on any atom is 0.330 e. The molecule has 108 valence electrons. The highest BCUT2D eigenvalue weighted by atomic mass is 16.5. The van der Waals surface area contributed by atoms with Crippen LogP contribution >= 0.6 is 0 Å². The summed E-state index contributed by atoms with van der Waals surface area (Å²) >= 11 is 0. The van der Waals surface area contributed by atoms with Crippen molar-refractivity contribution in [3.8, 4) is 0 Å². The molecule has 3 heteroatoms. The van der Waals surface area contributed by atoms with Crippen molar-refractivity contribution in [2.45, 2.75) is 6.54 Å². The summed E-state index contributed by atoms with van der Waals surface area (Å²) in [5.74, 6) is -0.319. The Hall–Kier alpha value is -2.39. The maximum absolute atomic E-state index is 11.5. The molecule has 0 atom stereocenters. The Labute approximate surface area is 125 Å². The van der Waals surface area contributed by atoms with E-state index in [2.05, 4.69) is 17.4 Å². The fourth-order valence-electron chi connectivity index (χ4n) is 1.83. The van der Waals surface area contributed by atoms with Gasteiger partial charge in [0.15, 0.2) is 0 Å². The first-order valence-corrected chi connectivity index (χ1v) is 6.99. The first kappa shape index (κ1) is 15.0. The zero-order valence-electron chi connectivity index (χ0n) is 11.9. The fraction of sp³-hybridized carbons (Fsp3) is 0.167. The van der Waals surface area contributed by atoms with Crippen LogP contribution in [0.5, 0.6) is 0 Å². The highest BCUT2D eigenvalue weighted by molar-refractivity contribution is 5.86. The number of rotatable bonds is 7. The molecule has 0 saturated heterocycles. The van der Waals surface area contributed by atoms with Crippen LogP contribution in [0.4, 0.5) is 0 Å². The summed E-state index contributed by atoms with van der Waals surface area (Å²) < 4.78 is 5.11. The van der Waals surface area contributed by atoms with Gasteiger partial charge in [-0.2, -0.15) is 0 Å². The number of hydrogen-bond acceptors (Lipinski definition) is 3. The summed E-state index contributed by atoms with van der Waals surface area (Å²) in [5.41, 5.74) is 2.20. The minimum absolute atomic E-state index is 0.319. The molecule has 0 amide bonds. The van der Waals surface area contributed by atoms with Gasteiger partial charge in [-0.25, -0.2) is 4.79 Å². The summed E-state index contributed by atoms with van der Waals surface area (Å²) in [6, 6.07) is 19.8.